The number of hydrogen-bond acceptors (Lipinski definition) is 4. The standard InChI is InChI=1S/C14H18FNO5/c1-14(2,3)21-13(20)16-10(11(17)12(18)19)8-6-4-5-7-9(8)15/h4-7,10-11,17H,1-3H3,(H,16,20)(H,18,19)/t10-,11+/m0/s1. The van der Waals surface area contributed by atoms with Gasteiger partial charge in [0, 0.05) is 5.56 Å². The highest BCUT2D eigenvalue weighted by Crippen LogP contribution is 2.21. The molecule has 1 aromatic carbocycles. The van der Waals surface area contributed by atoms with Crippen LogP contribution in [0.1, 0.15) is 32.4 Å². The number of benzene rings is 1. The third-order valence-electron chi connectivity index (χ3n) is 2.48. The van der Waals surface area contributed by atoms with Crippen LogP contribution in [0.25, 0.3) is 0 Å². The van der Waals surface area contributed by atoms with Crippen LogP contribution in [0.2, 0.25) is 0 Å². The van der Waals surface area contributed by atoms with Crippen LogP contribution >= 0.6 is 0 Å². The van der Waals surface area contributed by atoms with E-state index < -0.39 is 35.6 Å². The van der Waals surface area contributed by atoms with Crippen LogP contribution in [0.4, 0.5) is 9.18 Å². The number of nitrogens with one attached hydrogen (secondary N) is 1. The molecule has 1 amide bonds. The van der Waals surface area contributed by atoms with Crippen molar-refractivity contribution in [2.24, 2.45) is 0 Å². The number of aliphatic hydroxyl groups is 1. The molecule has 3 N–H and O–H groups in total. The lowest BCUT2D eigenvalue weighted by atomic mass is 10.0. The summed E-state index contributed by atoms with van der Waals surface area (Å²) in [7, 11) is 0. The Balaban J connectivity index is 3.02. The summed E-state index contributed by atoms with van der Waals surface area (Å²) in [6, 6.07) is 3.81. The number of carbonyl (C=O) groups excluding carboxylic acids is 1. The molecule has 2 atom stereocenters. The molecular weight excluding hydrogens is 281 g/mol. The highest BCUT2D eigenvalue weighted by atomic mass is 19.1. The Bertz CT molecular complexity index is 526. The van der Waals surface area contributed by atoms with E-state index in [4.69, 9.17) is 9.84 Å². The van der Waals surface area contributed by atoms with Gasteiger partial charge >= 0.3 is 12.1 Å². The second-order valence-electron chi connectivity index (χ2n) is 5.43. The van der Waals surface area contributed by atoms with Crippen molar-refractivity contribution in [3.05, 3.63) is 35.6 Å². The molecule has 0 aliphatic rings. The van der Waals surface area contributed by atoms with Gasteiger partial charge in [0.05, 0.1) is 6.04 Å². The number of carboxylic acids is 1. The largest absolute Gasteiger partial charge is 0.479 e. The molecule has 0 aromatic heterocycles. The lowest BCUT2D eigenvalue weighted by Gasteiger charge is -2.25. The van der Waals surface area contributed by atoms with E-state index in [0.717, 1.165) is 6.07 Å². The Morgan fingerprint density at radius 3 is 2.33 bits per heavy atom. The van der Waals surface area contributed by atoms with E-state index in [9.17, 15) is 19.1 Å². The van der Waals surface area contributed by atoms with Gasteiger partial charge in [0.2, 0.25) is 0 Å². The molecule has 0 spiro atoms. The molecule has 0 aliphatic heterocycles. The third-order valence-corrected chi connectivity index (χ3v) is 2.48. The molecule has 0 saturated heterocycles. The molecule has 1 aromatic rings. The van der Waals surface area contributed by atoms with E-state index in [1.165, 1.54) is 18.2 Å². The highest BCUT2D eigenvalue weighted by molar-refractivity contribution is 5.75. The summed E-state index contributed by atoms with van der Waals surface area (Å²) in [5, 5.41) is 20.7. The SMILES string of the molecule is CC(C)(C)OC(=O)N[C@@H](c1ccccc1F)[C@@H](O)C(=O)O. The van der Waals surface area contributed by atoms with E-state index in [1.807, 2.05) is 0 Å². The summed E-state index contributed by atoms with van der Waals surface area (Å²) in [5.74, 6) is -2.32. The number of carbonyl (C=O) groups is 2. The number of carboxylic acid groups (broad SMARTS) is 1. The lowest BCUT2D eigenvalue weighted by molar-refractivity contribution is -0.148. The number of hydrogen-bond donors (Lipinski definition) is 3. The van der Waals surface area contributed by atoms with Crippen molar-refractivity contribution in [3.8, 4) is 0 Å². The molecule has 116 valence electrons. The van der Waals surface area contributed by atoms with Gasteiger partial charge in [-0.2, -0.15) is 0 Å². The van der Waals surface area contributed by atoms with Gasteiger partial charge in [-0.05, 0) is 26.8 Å². The second-order valence-corrected chi connectivity index (χ2v) is 5.43. The second kappa shape index (κ2) is 6.53. The zero-order valence-electron chi connectivity index (χ0n) is 12.0. The number of amides is 1. The van der Waals surface area contributed by atoms with Crippen LogP contribution < -0.4 is 5.32 Å². The Hall–Kier alpha value is -2.15. The minimum atomic E-state index is -2.01. The number of aliphatic carboxylic acids is 1. The fourth-order valence-electron chi connectivity index (χ4n) is 1.63. The average molecular weight is 299 g/mol. The van der Waals surface area contributed by atoms with Gasteiger partial charge in [0.25, 0.3) is 0 Å². The number of alkyl carbamates (subject to hydrolysis) is 1. The maximum Gasteiger partial charge on any atom is 0.408 e. The smallest absolute Gasteiger partial charge is 0.408 e. The summed E-state index contributed by atoms with van der Waals surface area (Å²) >= 11 is 0. The van der Waals surface area contributed by atoms with E-state index in [1.54, 1.807) is 20.8 Å². The molecule has 21 heavy (non-hydrogen) atoms. The number of aliphatic hydroxyl groups excluding tert-OH is 1. The molecule has 0 unspecified atom stereocenters. The van der Waals surface area contributed by atoms with E-state index in [-0.39, 0.29) is 5.56 Å². The normalized spacial score (nSPS) is 14.1. The summed E-state index contributed by atoms with van der Waals surface area (Å²) in [6.07, 6.45) is -2.95. The Morgan fingerprint density at radius 1 is 1.29 bits per heavy atom. The molecule has 0 aliphatic carbocycles. The maximum absolute atomic E-state index is 13.8. The Labute approximate surface area is 121 Å². The first-order valence-corrected chi connectivity index (χ1v) is 6.26. The van der Waals surface area contributed by atoms with Crippen molar-refractivity contribution in [2.75, 3.05) is 0 Å². The van der Waals surface area contributed by atoms with Crippen LogP contribution in [-0.4, -0.2) is 34.0 Å². The van der Waals surface area contributed by atoms with Crippen molar-refractivity contribution in [1.82, 2.24) is 5.32 Å². The number of ether oxygens (including phenoxy) is 1. The van der Waals surface area contributed by atoms with Gasteiger partial charge in [0.1, 0.15) is 11.4 Å². The quantitative estimate of drug-likeness (QED) is 0.788. The van der Waals surface area contributed by atoms with Crippen LogP contribution in [-0.2, 0) is 9.53 Å². The highest BCUT2D eigenvalue weighted by Gasteiger charge is 2.32. The van der Waals surface area contributed by atoms with E-state index in [0.29, 0.717) is 0 Å². The first-order chi connectivity index (χ1) is 9.61. The first-order valence-electron chi connectivity index (χ1n) is 6.26. The predicted octanol–water partition coefficient (Wildman–Crippen LogP) is 1.84. The van der Waals surface area contributed by atoms with Crippen LogP contribution in [0.5, 0.6) is 0 Å². The van der Waals surface area contributed by atoms with Crippen molar-refractivity contribution < 1.29 is 28.9 Å². The molecule has 0 saturated carbocycles. The molecule has 7 heteroatoms. The van der Waals surface area contributed by atoms with E-state index >= 15 is 0 Å². The molecule has 0 fully saturated rings. The summed E-state index contributed by atoms with van der Waals surface area (Å²) in [5.41, 5.74) is -0.948. The van der Waals surface area contributed by atoms with Crippen molar-refractivity contribution in [3.63, 3.8) is 0 Å². The predicted molar refractivity (Wildman–Crippen MR) is 72.2 cm³/mol. The molecular formula is C14H18FNO5. The van der Waals surface area contributed by atoms with Gasteiger partial charge in [-0.15, -0.1) is 0 Å². The van der Waals surface area contributed by atoms with Gasteiger partial charge in [-0.1, -0.05) is 18.2 Å². The van der Waals surface area contributed by atoms with Crippen molar-refractivity contribution in [1.29, 1.82) is 0 Å². The molecule has 6 nitrogen and oxygen atoms in total. The lowest BCUT2D eigenvalue weighted by Crippen LogP contribution is -2.42. The Morgan fingerprint density at radius 2 is 1.86 bits per heavy atom. The average Bonchev–Trinajstić information content (AvgIpc) is 2.34. The van der Waals surface area contributed by atoms with Gasteiger partial charge in [-0.3, -0.25) is 0 Å². The van der Waals surface area contributed by atoms with Gasteiger partial charge < -0.3 is 20.3 Å². The summed E-state index contributed by atoms with van der Waals surface area (Å²) in [6.45, 7) is 4.87. The van der Waals surface area contributed by atoms with Gasteiger partial charge in [0.15, 0.2) is 6.10 Å². The number of rotatable bonds is 4. The minimum Gasteiger partial charge on any atom is -0.479 e. The van der Waals surface area contributed by atoms with Crippen LogP contribution in [0, 0.1) is 5.82 Å². The minimum absolute atomic E-state index is 0.141. The first kappa shape index (κ1) is 16.9. The van der Waals surface area contributed by atoms with Crippen molar-refractivity contribution in [2.45, 2.75) is 38.5 Å². The monoisotopic (exact) mass is 299 g/mol. The number of halogens is 1. The fraction of sp³-hybridized carbons (Fsp3) is 0.429. The molecule has 1 rings (SSSR count). The van der Waals surface area contributed by atoms with Crippen LogP contribution in [0.3, 0.4) is 0 Å². The maximum atomic E-state index is 13.8. The Kier molecular flexibility index (Phi) is 5.26. The van der Waals surface area contributed by atoms with Crippen LogP contribution in [0.15, 0.2) is 24.3 Å². The zero-order chi connectivity index (χ0) is 16.2. The van der Waals surface area contributed by atoms with Gasteiger partial charge in [-0.25, -0.2) is 14.0 Å². The topological polar surface area (TPSA) is 95.9 Å². The molecule has 0 radical (unpaired) electrons. The van der Waals surface area contributed by atoms with E-state index in [2.05, 4.69) is 5.32 Å². The summed E-state index contributed by atoms with van der Waals surface area (Å²) in [4.78, 5) is 22.6. The molecule has 0 bridgehead atoms. The zero-order valence-corrected chi connectivity index (χ0v) is 12.0. The fourth-order valence-corrected chi connectivity index (χ4v) is 1.63. The van der Waals surface area contributed by atoms with Crippen molar-refractivity contribution >= 4 is 12.1 Å². The molecule has 0 heterocycles. The third kappa shape index (κ3) is 5.03. The summed E-state index contributed by atoms with van der Waals surface area (Å²) < 4.78 is 18.7.